The molecule has 0 saturated carbocycles. The second-order valence-electron chi connectivity index (χ2n) is 3.22. The highest BCUT2D eigenvalue weighted by Gasteiger charge is 2.08. The average molecular weight is 164 g/mol. The van der Waals surface area contributed by atoms with Crippen LogP contribution in [0.3, 0.4) is 0 Å². The van der Waals surface area contributed by atoms with E-state index in [0.717, 1.165) is 6.42 Å². The summed E-state index contributed by atoms with van der Waals surface area (Å²) in [6.45, 7) is 0. The molecule has 0 spiro atoms. The maximum atomic E-state index is 3.97. The Labute approximate surface area is 74.3 Å². The lowest BCUT2D eigenvalue weighted by molar-refractivity contribution is 0.343. The monoisotopic (exact) mass is 164 g/mol. The molecule has 0 bridgehead atoms. The summed E-state index contributed by atoms with van der Waals surface area (Å²) < 4.78 is 0. The number of aliphatic imine (C=N–C) groups is 1. The summed E-state index contributed by atoms with van der Waals surface area (Å²) in [6.07, 6.45) is 9.54. The van der Waals surface area contributed by atoms with Gasteiger partial charge in [-0.3, -0.25) is 4.99 Å². The molecule has 66 valence electrons. The minimum absolute atomic E-state index is 0.555. The first-order valence-electron chi connectivity index (χ1n) is 4.21. The van der Waals surface area contributed by atoms with Gasteiger partial charge in [-0.05, 0) is 26.1 Å². The molecule has 1 unspecified atom stereocenters. The predicted molar refractivity (Wildman–Crippen MR) is 53.7 cm³/mol. The summed E-state index contributed by atoms with van der Waals surface area (Å²) in [5.74, 6) is 0. The van der Waals surface area contributed by atoms with Crippen molar-refractivity contribution in [3.05, 3.63) is 23.8 Å². The first kappa shape index (κ1) is 9.20. The molecule has 2 nitrogen and oxygen atoms in total. The van der Waals surface area contributed by atoms with Crippen LogP contribution in [0.5, 0.6) is 0 Å². The van der Waals surface area contributed by atoms with Crippen LogP contribution in [0.1, 0.15) is 6.42 Å². The second kappa shape index (κ2) is 4.21. The van der Waals surface area contributed by atoms with Gasteiger partial charge in [0.05, 0.1) is 0 Å². The quantitative estimate of drug-likeness (QED) is 0.565. The van der Waals surface area contributed by atoms with Crippen LogP contribution in [0.25, 0.3) is 0 Å². The molecule has 0 amide bonds. The van der Waals surface area contributed by atoms with E-state index in [1.807, 2.05) is 6.21 Å². The van der Waals surface area contributed by atoms with Crippen LogP contribution in [0.15, 0.2) is 28.8 Å². The number of nitrogens with zero attached hydrogens (tertiary/aromatic N) is 2. The van der Waals surface area contributed by atoms with E-state index in [9.17, 15) is 0 Å². The second-order valence-corrected chi connectivity index (χ2v) is 3.22. The van der Waals surface area contributed by atoms with Crippen LogP contribution in [0, 0.1) is 0 Å². The molecule has 0 aliphatic heterocycles. The lowest BCUT2D eigenvalue weighted by Crippen LogP contribution is -2.26. The van der Waals surface area contributed by atoms with Crippen LogP contribution in [0.4, 0.5) is 0 Å². The van der Waals surface area contributed by atoms with Crippen LogP contribution < -0.4 is 0 Å². The minimum Gasteiger partial charge on any atom is -0.303 e. The van der Waals surface area contributed by atoms with Gasteiger partial charge < -0.3 is 4.90 Å². The van der Waals surface area contributed by atoms with Crippen molar-refractivity contribution in [2.24, 2.45) is 4.99 Å². The molecule has 2 heteroatoms. The zero-order valence-electron chi connectivity index (χ0n) is 7.99. The third-order valence-corrected chi connectivity index (χ3v) is 2.05. The fraction of sp³-hybridized carbons (Fsp3) is 0.500. The molecule has 0 radical (unpaired) electrons. The standard InChI is InChI=1S/C10H16N2/c1-11-8-9-4-6-10(7-5-9)12(2)3/h4-6,8,10H,7H2,1-3H3. The molecule has 1 aliphatic rings. The summed E-state index contributed by atoms with van der Waals surface area (Å²) in [7, 11) is 6.00. The smallest absolute Gasteiger partial charge is 0.0310 e. The molecule has 0 aromatic heterocycles. The first-order chi connectivity index (χ1) is 5.74. The molecule has 0 fully saturated rings. The number of hydrogen-bond donors (Lipinski definition) is 0. The summed E-state index contributed by atoms with van der Waals surface area (Å²) in [4.78, 5) is 6.19. The topological polar surface area (TPSA) is 15.6 Å². The molecule has 1 rings (SSSR count). The summed E-state index contributed by atoms with van der Waals surface area (Å²) in [5.41, 5.74) is 1.22. The minimum atomic E-state index is 0.555. The Bertz CT molecular complexity index is 224. The average Bonchev–Trinajstić information content (AvgIpc) is 2.06. The maximum absolute atomic E-state index is 3.97. The molecule has 1 aliphatic carbocycles. The largest absolute Gasteiger partial charge is 0.303 e. The highest BCUT2D eigenvalue weighted by atomic mass is 15.1. The van der Waals surface area contributed by atoms with Gasteiger partial charge >= 0.3 is 0 Å². The van der Waals surface area contributed by atoms with Gasteiger partial charge in [-0.2, -0.15) is 0 Å². The molecule has 12 heavy (non-hydrogen) atoms. The predicted octanol–water partition coefficient (Wildman–Crippen LogP) is 1.50. The summed E-state index contributed by atoms with van der Waals surface area (Å²) in [5, 5.41) is 0. The Morgan fingerprint density at radius 3 is 2.75 bits per heavy atom. The van der Waals surface area contributed by atoms with E-state index >= 15 is 0 Å². The summed E-state index contributed by atoms with van der Waals surface area (Å²) in [6, 6.07) is 0.555. The molecule has 0 heterocycles. The molecule has 0 aromatic carbocycles. The molecular formula is C10H16N2. The molecule has 0 saturated heterocycles. The number of allylic oxidation sites excluding steroid dienone is 2. The van der Waals surface area contributed by atoms with Crippen molar-refractivity contribution in [2.75, 3.05) is 21.1 Å². The van der Waals surface area contributed by atoms with E-state index in [4.69, 9.17) is 0 Å². The third-order valence-electron chi connectivity index (χ3n) is 2.05. The first-order valence-corrected chi connectivity index (χ1v) is 4.21. The van der Waals surface area contributed by atoms with Gasteiger partial charge in [0.15, 0.2) is 0 Å². The zero-order valence-corrected chi connectivity index (χ0v) is 7.99. The maximum Gasteiger partial charge on any atom is 0.0310 e. The lowest BCUT2D eigenvalue weighted by Gasteiger charge is -2.21. The number of hydrogen-bond acceptors (Lipinski definition) is 2. The lowest BCUT2D eigenvalue weighted by atomic mass is 10.0. The van der Waals surface area contributed by atoms with Crippen molar-refractivity contribution in [3.8, 4) is 0 Å². The van der Waals surface area contributed by atoms with Crippen molar-refractivity contribution >= 4 is 6.21 Å². The Hall–Kier alpha value is -0.890. The molecular weight excluding hydrogens is 148 g/mol. The molecule has 1 atom stereocenters. The van der Waals surface area contributed by atoms with Crippen molar-refractivity contribution in [3.63, 3.8) is 0 Å². The van der Waals surface area contributed by atoms with E-state index in [1.165, 1.54) is 5.57 Å². The Morgan fingerprint density at radius 2 is 2.33 bits per heavy atom. The molecule has 0 N–H and O–H groups in total. The Morgan fingerprint density at radius 1 is 1.58 bits per heavy atom. The summed E-state index contributed by atoms with van der Waals surface area (Å²) >= 11 is 0. The van der Waals surface area contributed by atoms with Crippen molar-refractivity contribution < 1.29 is 0 Å². The van der Waals surface area contributed by atoms with E-state index in [0.29, 0.717) is 6.04 Å². The van der Waals surface area contributed by atoms with Gasteiger partial charge in [-0.1, -0.05) is 18.2 Å². The Balaban J connectivity index is 2.55. The van der Waals surface area contributed by atoms with Gasteiger partial charge in [-0.25, -0.2) is 0 Å². The van der Waals surface area contributed by atoms with Crippen LogP contribution >= 0.6 is 0 Å². The number of likely N-dealkylation sites (N-methyl/N-ethyl adjacent to an activating group) is 1. The van der Waals surface area contributed by atoms with Crippen molar-refractivity contribution in [1.29, 1.82) is 0 Å². The van der Waals surface area contributed by atoms with E-state index in [1.54, 1.807) is 7.05 Å². The van der Waals surface area contributed by atoms with E-state index in [-0.39, 0.29) is 0 Å². The van der Waals surface area contributed by atoms with Crippen molar-refractivity contribution in [1.82, 2.24) is 4.90 Å². The van der Waals surface area contributed by atoms with Gasteiger partial charge in [-0.15, -0.1) is 0 Å². The van der Waals surface area contributed by atoms with Crippen LogP contribution in [0.2, 0.25) is 0 Å². The SMILES string of the molecule is CN=CC1=CCC(N(C)C)C=C1. The fourth-order valence-corrected chi connectivity index (χ4v) is 1.25. The highest BCUT2D eigenvalue weighted by molar-refractivity contribution is 5.82. The zero-order chi connectivity index (χ0) is 8.97. The molecule has 0 aromatic rings. The third kappa shape index (κ3) is 2.31. The van der Waals surface area contributed by atoms with Gasteiger partial charge in [0.1, 0.15) is 0 Å². The van der Waals surface area contributed by atoms with Gasteiger partial charge in [0, 0.05) is 19.3 Å². The highest BCUT2D eigenvalue weighted by Crippen LogP contribution is 2.12. The normalized spacial score (nSPS) is 23.7. The van der Waals surface area contributed by atoms with Crippen LogP contribution in [-0.4, -0.2) is 38.3 Å². The van der Waals surface area contributed by atoms with E-state index < -0.39 is 0 Å². The van der Waals surface area contributed by atoms with Crippen LogP contribution in [-0.2, 0) is 0 Å². The van der Waals surface area contributed by atoms with E-state index in [2.05, 4.69) is 42.2 Å². The van der Waals surface area contributed by atoms with Crippen molar-refractivity contribution in [2.45, 2.75) is 12.5 Å². The van der Waals surface area contributed by atoms with Gasteiger partial charge in [0.2, 0.25) is 0 Å². The Kier molecular flexibility index (Phi) is 3.23. The fourth-order valence-electron chi connectivity index (χ4n) is 1.25. The van der Waals surface area contributed by atoms with Gasteiger partial charge in [0.25, 0.3) is 0 Å². The number of rotatable bonds is 2.